The molecule has 0 saturated heterocycles. The number of carbonyl (C=O) groups is 1. The molecule has 130 valence electrons. The normalized spacial score (nSPS) is 11.2. The van der Waals surface area contributed by atoms with Crippen molar-refractivity contribution >= 4 is 26.4 Å². The van der Waals surface area contributed by atoms with Gasteiger partial charge in [-0.15, -0.1) is 0 Å². The maximum Gasteiger partial charge on any atom is 0.416 e. The van der Waals surface area contributed by atoms with Crippen LogP contribution in [0, 0.1) is 11.7 Å². The predicted octanol–water partition coefficient (Wildman–Crippen LogP) is 1.26. The van der Waals surface area contributed by atoms with Crippen molar-refractivity contribution in [2.75, 3.05) is 6.26 Å². The van der Waals surface area contributed by atoms with E-state index in [1.54, 1.807) is 4.72 Å². The fourth-order valence-corrected chi connectivity index (χ4v) is 1.97. The van der Waals surface area contributed by atoms with E-state index in [4.69, 9.17) is 13.2 Å². The molecule has 23 heavy (non-hydrogen) atoms. The third-order valence-electron chi connectivity index (χ3n) is 2.32. The van der Waals surface area contributed by atoms with Gasteiger partial charge in [0.1, 0.15) is 0 Å². The van der Waals surface area contributed by atoms with Crippen LogP contribution in [0.4, 0.5) is 13.2 Å². The van der Waals surface area contributed by atoms with Crippen molar-refractivity contribution in [3.8, 4) is 0 Å². The lowest BCUT2D eigenvalue weighted by Crippen LogP contribution is -2.30. The second kappa shape index (κ2) is 8.06. The molecule has 1 aromatic rings. The monoisotopic (exact) mass is 374 g/mol. The van der Waals surface area contributed by atoms with Crippen LogP contribution in [0.1, 0.15) is 16.7 Å². The number of benzene rings is 1. The van der Waals surface area contributed by atoms with Gasteiger partial charge in [0.2, 0.25) is 15.9 Å². The molecule has 0 bridgehead atoms. The Morgan fingerprint density at radius 1 is 1.30 bits per heavy atom. The fraction of sp³-hybridized carbons (Fsp3) is 0.364. The third-order valence-corrected chi connectivity index (χ3v) is 2.92. The molecule has 7 nitrogen and oxygen atoms in total. The van der Waals surface area contributed by atoms with Gasteiger partial charge in [0, 0.05) is 0 Å². The summed E-state index contributed by atoms with van der Waals surface area (Å²) < 4.78 is 83.5. The zero-order valence-corrected chi connectivity index (χ0v) is 13.6. The summed E-state index contributed by atoms with van der Waals surface area (Å²) in [6, 6.07) is 2.94. The summed E-state index contributed by atoms with van der Waals surface area (Å²) in [5.74, 6) is -0.787. The Morgan fingerprint density at radius 2 is 1.78 bits per heavy atom. The lowest BCUT2D eigenvalue weighted by Gasteiger charge is -2.10. The first-order valence-electron chi connectivity index (χ1n) is 5.70. The van der Waals surface area contributed by atoms with E-state index < -0.39 is 38.2 Å². The smallest absolute Gasteiger partial charge is 0.274 e. The Kier molecular flexibility index (Phi) is 7.37. The van der Waals surface area contributed by atoms with Crippen LogP contribution in [0.15, 0.2) is 18.2 Å². The Bertz CT molecular complexity index is 780. The molecule has 0 aliphatic heterocycles. The molecule has 12 heteroatoms. The second-order valence-corrected chi connectivity index (χ2v) is 6.57. The zero-order chi connectivity index (χ0) is 18.4. The van der Waals surface area contributed by atoms with Gasteiger partial charge in [0.25, 0.3) is 0 Å². The van der Waals surface area contributed by atoms with E-state index in [0.717, 1.165) is 18.4 Å². The van der Waals surface area contributed by atoms with Crippen LogP contribution in [0.5, 0.6) is 0 Å². The number of rotatable bonds is 3. The van der Waals surface area contributed by atoms with Crippen molar-refractivity contribution in [2.45, 2.75) is 19.5 Å². The van der Waals surface area contributed by atoms with E-state index in [1.165, 1.54) is 13.0 Å². The van der Waals surface area contributed by atoms with Crippen LogP contribution < -0.4 is 4.72 Å². The molecule has 1 rings (SSSR count). The molecule has 1 aromatic carbocycles. The van der Waals surface area contributed by atoms with Gasteiger partial charge >= 0.3 is 16.7 Å². The van der Waals surface area contributed by atoms with E-state index in [0.29, 0.717) is 5.56 Å². The number of carbonyl (C=O) groups excluding carboxylic acids is 1. The molecule has 0 aromatic heterocycles. The average Bonchev–Trinajstić information content (AvgIpc) is 2.27. The largest absolute Gasteiger partial charge is 0.416 e. The molecular formula is C11H13F3N2O5S2. The first-order valence-corrected chi connectivity index (χ1v) is 8.67. The molecule has 2 N–H and O–H groups in total. The molecule has 0 spiro atoms. The van der Waals surface area contributed by atoms with Crippen molar-refractivity contribution in [1.82, 2.24) is 4.72 Å². The van der Waals surface area contributed by atoms with Crippen LogP contribution >= 0.6 is 0 Å². The van der Waals surface area contributed by atoms with Crippen molar-refractivity contribution in [1.29, 1.82) is 4.78 Å². The molecule has 0 fully saturated rings. The van der Waals surface area contributed by atoms with Crippen LogP contribution in [-0.2, 0) is 37.9 Å². The highest BCUT2D eigenvalue weighted by Crippen LogP contribution is 2.30. The van der Waals surface area contributed by atoms with Gasteiger partial charge in [-0.2, -0.15) is 26.4 Å². The van der Waals surface area contributed by atoms with Gasteiger partial charge in [-0.25, -0.2) is 8.42 Å². The third kappa shape index (κ3) is 9.63. The second-order valence-electron chi connectivity index (χ2n) is 4.35. The summed E-state index contributed by atoms with van der Waals surface area (Å²) >= 11 is 0. The van der Waals surface area contributed by atoms with E-state index in [2.05, 4.69) is 0 Å². The van der Waals surface area contributed by atoms with E-state index in [9.17, 15) is 26.4 Å². The van der Waals surface area contributed by atoms with Crippen LogP contribution in [-0.4, -0.2) is 29.0 Å². The first-order chi connectivity index (χ1) is 10.2. The Hall–Kier alpha value is -1.95. The van der Waals surface area contributed by atoms with Gasteiger partial charge < -0.3 is 0 Å². The van der Waals surface area contributed by atoms with Crippen LogP contribution in [0.2, 0.25) is 0 Å². The maximum atomic E-state index is 12.4. The summed E-state index contributed by atoms with van der Waals surface area (Å²) in [6.45, 7) is 1.43. The highest BCUT2D eigenvalue weighted by molar-refractivity contribution is 7.89. The minimum Gasteiger partial charge on any atom is -0.274 e. The minimum absolute atomic E-state index is 0.276. The number of aryl methyl sites for hydroxylation is 1. The maximum absolute atomic E-state index is 12.4. The quantitative estimate of drug-likeness (QED) is 0.825. The van der Waals surface area contributed by atoms with Crippen molar-refractivity contribution < 1.29 is 34.8 Å². The molecule has 0 aliphatic rings. The van der Waals surface area contributed by atoms with Crippen LogP contribution in [0.25, 0.3) is 0 Å². The molecular weight excluding hydrogens is 361 g/mol. The molecule has 0 unspecified atom stereocenters. The van der Waals surface area contributed by atoms with Crippen molar-refractivity contribution in [3.05, 3.63) is 34.9 Å². The lowest BCUT2D eigenvalue weighted by molar-refractivity contribution is -0.137. The molecule has 1 amide bonds. The molecule has 0 heterocycles. The topological polar surface area (TPSA) is 121 Å². The number of hydrogen-bond acceptors (Lipinski definition) is 6. The fourth-order valence-electron chi connectivity index (χ4n) is 1.49. The lowest BCUT2D eigenvalue weighted by atomic mass is 10.0. The summed E-state index contributed by atoms with van der Waals surface area (Å²) in [5.41, 5.74) is -0.190. The van der Waals surface area contributed by atoms with Gasteiger partial charge in [-0.05, 0) is 30.2 Å². The van der Waals surface area contributed by atoms with Crippen molar-refractivity contribution in [3.63, 3.8) is 0 Å². The molecule has 0 saturated carbocycles. The molecule has 0 atom stereocenters. The summed E-state index contributed by atoms with van der Waals surface area (Å²) in [7, 11) is -6.28. The summed E-state index contributed by atoms with van der Waals surface area (Å²) in [5, 5.41) is 0. The standard InChI is InChI=1S/C11H12F3NO3S.HNO2S/c1-7-5-9(11(12,13)14)4-3-8(7)6-10(16)15-19(2,17)18;1-4(2)3/h3-5H,6H2,1-2H3,(H,15,16);1H. The van der Waals surface area contributed by atoms with Gasteiger partial charge in [0.15, 0.2) is 0 Å². The molecule has 0 aliphatic carbocycles. The summed E-state index contributed by atoms with van der Waals surface area (Å²) in [4.78, 5) is 11.3. The average molecular weight is 374 g/mol. The van der Waals surface area contributed by atoms with E-state index in [1.807, 2.05) is 0 Å². The first kappa shape index (κ1) is 21.0. The van der Waals surface area contributed by atoms with E-state index >= 15 is 0 Å². The number of halogens is 3. The molecule has 0 radical (unpaired) electrons. The van der Waals surface area contributed by atoms with Gasteiger partial charge in [-0.3, -0.25) is 9.52 Å². The Balaban J connectivity index is 0.00000108. The van der Waals surface area contributed by atoms with Crippen molar-refractivity contribution in [2.24, 2.45) is 0 Å². The zero-order valence-electron chi connectivity index (χ0n) is 11.9. The minimum atomic E-state index is -4.45. The SMILES string of the molecule is Cc1cc(C(F)(F)F)ccc1CC(=O)NS(C)(=O)=O.N=S(=O)=O. The number of sulfonamides is 1. The van der Waals surface area contributed by atoms with Crippen LogP contribution in [0.3, 0.4) is 0 Å². The summed E-state index contributed by atoms with van der Waals surface area (Å²) in [6.07, 6.45) is -3.92. The Morgan fingerprint density at radius 3 is 2.13 bits per heavy atom. The number of nitrogens with one attached hydrogen (secondary N) is 2. The number of alkyl halides is 3. The van der Waals surface area contributed by atoms with Gasteiger partial charge in [-0.1, -0.05) is 6.07 Å². The van der Waals surface area contributed by atoms with E-state index in [-0.39, 0.29) is 12.0 Å². The highest BCUT2D eigenvalue weighted by atomic mass is 32.2. The number of amides is 1. The predicted molar refractivity (Wildman–Crippen MR) is 74.5 cm³/mol. The number of hydrogen-bond donors (Lipinski definition) is 2. The van der Waals surface area contributed by atoms with Gasteiger partial charge in [0.05, 0.1) is 18.2 Å². The highest BCUT2D eigenvalue weighted by Gasteiger charge is 2.30. The Labute approximate surface area is 132 Å².